The average molecular weight is 532 g/mol. The van der Waals surface area contributed by atoms with E-state index >= 15 is 0 Å². The summed E-state index contributed by atoms with van der Waals surface area (Å²) in [5.41, 5.74) is 2.24. The number of carbonyl (C=O) groups excluding carboxylic acids is 1. The van der Waals surface area contributed by atoms with E-state index in [1.54, 1.807) is 17.0 Å². The van der Waals surface area contributed by atoms with Gasteiger partial charge in [-0.1, -0.05) is 12.1 Å². The summed E-state index contributed by atoms with van der Waals surface area (Å²) in [5.74, 6) is -0.287. The quantitative estimate of drug-likeness (QED) is 0.387. The lowest BCUT2D eigenvalue weighted by atomic mass is 9.91. The van der Waals surface area contributed by atoms with Gasteiger partial charge in [-0.3, -0.25) is 4.90 Å². The molecule has 1 heterocycles. The normalized spacial score (nSPS) is 17.0. The van der Waals surface area contributed by atoms with Gasteiger partial charge in [0.15, 0.2) is 0 Å². The molecule has 2 aromatic carbocycles. The van der Waals surface area contributed by atoms with E-state index in [2.05, 4.69) is 44.6 Å². The van der Waals surface area contributed by atoms with E-state index in [4.69, 9.17) is 4.74 Å². The van der Waals surface area contributed by atoms with Gasteiger partial charge in [0, 0.05) is 8.04 Å². The SMILES string of the molecule is CC(C)(C)OC(=O)N1c2c(Br)cc(I)cc2CCC1c1ccc(F)cc1. The first-order valence-corrected chi connectivity index (χ1v) is 10.3. The summed E-state index contributed by atoms with van der Waals surface area (Å²) < 4.78 is 21.0. The Morgan fingerprint density at radius 2 is 1.92 bits per heavy atom. The molecule has 0 N–H and O–H groups in total. The van der Waals surface area contributed by atoms with Crippen LogP contribution in [0.15, 0.2) is 40.9 Å². The first-order chi connectivity index (χ1) is 12.2. The van der Waals surface area contributed by atoms with Crippen molar-refractivity contribution < 1.29 is 13.9 Å². The van der Waals surface area contributed by atoms with Gasteiger partial charge in [0.05, 0.1) is 11.7 Å². The molecule has 0 spiro atoms. The van der Waals surface area contributed by atoms with Crippen LogP contribution in [0.1, 0.15) is 44.4 Å². The molecular formula is C20H20BrFINO2. The smallest absolute Gasteiger partial charge is 0.415 e. The number of fused-ring (bicyclic) bond motifs is 1. The number of ether oxygens (including phenoxy) is 1. The molecule has 1 unspecified atom stereocenters. The van der Waals surface area contributed by atoms with Crippen molar-refractivity contribution >= 4 is 50.3 Å². The number of nitrogens with zero attached hydrogens (tertiary/aromatic N) is 1. The Kier molecular flexibility index (Phi) is 5.63. The summed E-state index contributed by atoms with van der Waals surface area (Å²) in [4.78, 5) is 14.8. The van der Waals surface area contributed by atoms with Gasteiger partial charge in [-0.05, 0) is 108 Å². The maximum Gasteiger partial charge on any atom is 0.415 e. The number of carbonyl (C=O) groups is 1. The summed E-state index contributed by atoms with van der Waals surface area (Å²) in [7, 11) is 0. The zero-order chi connectivity index (χ0) is 19.1. The monoisotopic (exact) mass is 531 g/mol. The number of hydrogen-bond acceptors (Lipinski definition) is 2. The lowest BCUT2D eigenvalue weighted by molar-refractivity contribution is 0.0559. The summed E-state index contributed by atoms with van der Waals surface area (Å²) in [6.07, 6.45) is 1.20. The predicted molar refractivity (Wildman–Crippen MR) is 113 cm³/mol. The van der Waals surface area contributed by atoms with Crippen LogP contribution in [0, 0.1) is 9.39 Å². The highest BCUT2D eigenvalue weighted by Crippen LogP contribution is 2.44. The number of anilines is 1. The number of hydrogen-bond donors (Lipinski definition) is 0. The molecule has 0 aromatic heterocycles. The van der Waals surface area contributed by atoms with Crippen LogP contribution in [0.25, 0.3) is 0 Å². The Labute approximate surface area is 175 Å². The minimum absolute atomic E-state index is 0.200. The lowest BCUT2D eigenvalue weighted by Gasteiger charge is -2.39. The molecule has 0 saturated carbocycles. The zero-order valence-electron chi connectivity index (χ0n) is 14.9. The Hall–Kier alpha value is -1.15. The predicted octanol–water partition coefficient (Wildman–Crippen LogP) is 6.62. The van der Waals surface area contributed by atoms with E-state index in [1.165, 1.54) is 12.1 Å². The van der Waals surface area contributed by atoms with Gasteiger partial charge in [0.2, 0.25) is 0 Å². The van der Waals surface area contributed by atoms with Crippen LogP contribution in [0.3, 0.4) is 0 Å². The minimum Gasteiger partial charge on any atom is -0.443 e. The van der Waals surface area contributed by atoms with Gasteiger partial charge < -0.3 is 4.74 Å². The van der Waals surface area contributed by atoms with Gasteiger partial charge in [-0.2, -0.15) is 0 Å². The summed E-state index contributed by atoms with van der Waals surface area (Å²) in [5, 5.41) is 0. The van der Waals surface area contributed by atoms with Gasteiger partial charge >= 0.3 is 6.09 Å². The van der Waals surface area contributed by atoms with Crippen LogP contribution in [0.2, 0.25) is 0 Å². The Morgan fingerprint density at radius 1 is 1.27 bits per heavy atom. The maximum atomic E-state index is 13.4. The second kappa shape index (κ2) is 7.46. The molecule has 26 heavy (non-hydrogen) atoms. The van der Waals surface area contributed by atoms with Gasteiger partial charge in [-0.15, -0.1) is 0 Å². The molecule has 0 aliphatic carbocycles. The third kappa shape index (κ3) is 4.22. The molecule has 0 saturated heterocycles. The molecule has 0 fully saturated rings. The van der Waals surface area contributed by atoms with Crippen LogP contribution in [-0.2, 0) is 11.2 Å². The third-order valence-corrected chi connectivity index (χ3v) is 5.42. The highest BCUT2D eigenvalue weighted by Gasteiger charge is 2.36. The fraction of sp³-hybridized carbons (Fsp3) is 0.350. The molecule has 1 amide bonds. The van der Waals surface area contributed by atoms with Crippen molar-refractivity contribution in [3.63, 3.8) is 0 Å². The molecule has 1 aliphatic heterocycles. The Morgan fingerprint density at radius 3 is 2.54 bits per heavy atom. The van der Waals surface area contributed by atoms with Crippen LogP contribution >= 0.6 is 38.5 Å². The fourth-order valence-electron chi connectivity index (χ4n) is 3.19. The molecular weight excluding hydrogens is 512 g/mol. The molecule has 3 rings (SSSR count). The van der Waals surface area contributed by atoms with Crippen molar-refractivity contribution in [1.82, 2.24) is 0 Å². The molecule has 1 aliphatic rings. The zero-order valence-corrected chi connectivity index (χ0v) is 18.6. The average Bonchev–Trinajstić information content (AvgIpc) is 2.53. The minimum atomic E-state index is -0.599. The van der Waals surface area contributed by atoms with Gasteiger partial charge in [-0.25, -0.2) is 9.18 Å². The lowest BCUT2D eigenvalue weighted by Crippen LogP contribution is -2.42. The van der Waals surface area contributed by atoms with Crippen molar-refractivity contribution in [2.24, 2.45) is 0 Å². The number of rotatable bonds is 1. The third-order valence-electron chi connectivity index (χ3n) is 4.19. The largest absolute Gasteiger partial charge is 0.443 e. The van der Waals surface area contributed by atoms with Crippen LogP contribution < -0.4 is 4.90 Å². The van der Waals surface area contributed by atoms with Crippen molar-refractivity contribution in [3.05, 3.63) is 61.4 Å². The molecule has 0 radical (unpaired) electrons. The Bertz CT molecular complexity index is 833. The number of halogens is 3. The molecule has 6 heteroatoms. The van der Waals surface area contributed by atoms with E-state index in [0.717, 1.165) is 37.7 Å². The van der Waals surface area contributed by atoms with Gasteiger partial charge in [0.25, 0.3) is 0 Å². The maximum absolute atomic E-state index is 13.4. The van der Waals surface area contributed by atoms with Crippen LogP contribution in [0.5, 0.6) is 0 Å². The van der Waals surface area contributed by atoms with Crippen LogP contribution in [-0.4, -0.2) is 11.7 Å². The second-order valence-electron chi connectivity index (χ2n) is 7.35. The Balaban J connectivity index is 2.10. The van der Waals surface area contributed by atoms with E-state index in [1.807, 2.05) is 26.8 Å². The second-order valence-corrected chi connectivity index (χ2v) is 9.45. The van der Waals surface area contributed by atoms with Crippen molar-refractivity contribution in [1.29, 1.82) is 0 Å². The van der Waals surface area contributed by atoms with E-state index in [-0.39, 0.29) is 11.9 Å². The first-order valence-electron chi connectivity index (χ1n) is 8.41. The molecule has 3 nitrogen and oxygen atoms in total. The van der Waals surface area contributed by atoms with Crippen molar-refractivity contribution in [2.45, 2.75) is 45.3 Å². The van der Waals surface area contributed by atoms with E-state index in [9.17, 15) is 9.18 Å². The number of amides is 1. The first kappa shape index (κ1) is 19.6. The standard InChI is InChI=1S/C20H20BrFINO2/c1-20(2,3)26-19(25)24-17(12-4-7-14(22)8-5-12)9-6-13-10-15(23)11-16(21)18(13)24/h4-5,7-8,10-11,17H,6,9H2,1-3H3. The molecule has 138 valence electrons. The molecule has 0 bridgehead atoms. The van der Waals surface area contributed by atoms with Gasteiger partial charge in [0.1, 0.15) is 11.4 Å². The van der Waals surface area contributed by atoms with E-state index < -0.39 is 11.7 Å². The van der Waals surface area contributed by atoms with Crippen molar-refractivity contribution in [2.75, 3.05) is 4.90 Å². The fourth-order valence-corrected chi connectivity index (χ4v) is 4.99. The highest BCUT2D eigenvalue weighted by atomic mass is 127. The van der Waals surface area contributed by atoms with Crippen molar-refractivity contribution in [3.8, 4) is 0 Å². The van der Waals surface area contributed by atoms with Crippen LogP contribution in [0.4, 0.5) is 14.9 Å². The molecule has 1 atom stereocenters. The highest BCUT2D eigenvalue weighted by molar-refractivity contribution is 14.1. The van der Waals surface area contributed by atoms with E-state index in [0.29, 0.717) is 0 Å². The summed E-state index contributed by atoms with van der Waals surface area (Å²) >= 11 is 5.89. The molecule has 2 aromatic rings. The number of benzene rings is 2. The number of aryl methyl sites for hydroxylation is 1. The summed E-state index contributed by atoms with van der Waals surface area (Å²) in [6, 6.07) is 10.2. The topological polar surface area (TPSA) is 29.5 Å². The summed E-state index contributed by atoms with van der Waals surface area (Å²) in [6.45, 7) is 5.56.